The molecule has 0 saturated carbocycles. The second-order valence-electron chi connectivity index (χ2n) is 1.75. The Bertz CT molecular complexity index is 189. The van der Waals surface area contributed by atoms with Gasteiger partial charge < -0.3 is 0 Å². The molecule has 0 aliphatic carbocycles. The molecule has 0 radical (unpaired) electrons. The molecular formula is C5H12NO3PS2. The van der Waals surface area contributed by atoms with Gasteiger partial charge in [0.1, 0.15) is 4.32 Å². The highest BCUT2D eigenvalue weighted by Gasteiger charge is 2.23. The van der Waals surface area contributed by atoms with Crippen molar-refractivity contribution in [1.29, 1.82) is 0 Å². The SMILES string of the molecule is CCOP(=O)(NC(=S)S)OCC. The van der Waals surface area contributed by atoms with Gasteiger partial charge >= 0.3 is 7.75 Å². The van der Waals surface area contributed by atoms with Gasteiger partial charge in [-0.3, -0.25) is 14.1 Å². The summed E-state index contributed by atoms with van der Waals surface area (Å²) in [5, 5.41) is 2.36. The molecule has 0 heterocycles. The van der Waals surface area contributed by atoms with Crippen LogP contribution in [-0.2, 0) is 13.6 Å². The first-order valence-corrected chi connectivity index (χ1v) is 5.84. The minimum Gasteiger partial charge on any atom is -0.293 e. The van der Waals surface area contributed by atoms with E-state index in [0.717, 1.165) is 0 Å². The second-order valence-corrected chi connectivity index (χ2v) is 4.64. The summed E-state index contributed by atoms with van der Waals surface area (Å²) in [5.41, 5.74) is 0. The molecule has 0 amide bonds. The largest absolute Gasteiger partial charge is 0.433 e. The van der Waals surface area contributed by atoms with Gasteiger partial charge in [0.25, 0.3) is 0 Å². The van der Waals surface area contributed by atoms with Crippen LogP contribution in [0.5, 0.6) is 0 Å². The van der Waals surface area contributed by atoms with Crippen molar-refractivity contribution in [3.05, 3.63) is 0 Å². The molecule has 7 heteroatoms. The van der Waals surface area contributed by atoms with Gasteiger partial charge in [-0.05, 0) is 13.8 Å². The zero-order valence-corrected chi connectivity index (χ0v) is 9.55. The summed E-state index contributed by atoms with van der Waals surface area (Å²) in [6.45, 7) is 4.02. The maximum Gasteiger partial charge on any atom is 0.433 e. The van der Waals surface area contributed by atoms with E-state index in [1.807, 2.05) is 0 Å². The van der Waals surface area contributed by atoms with Gasteiger partial charge in [0, 0.05) is 0 Å². The van der Waals surface area contributed by atoms with Gasteiger partial charge in [0.05, 0.1) is 13.2 Å². The molecule has 4 nitrogen and oxygen atoms in total. The third-order valence-electron chi connectivity index (χ3n) is 0.831. The molecule has 0 rings (SSSR count). The van der Waals surface area contributed by atoms with Crippen molar-refractivity contribution in [1.82, 2.24) is 5.09 Å². The van der Waals surface area contributed by atoms with E-state index in [1.54, 1.807) is 13.8 Å². The van der Waals surface area contributed by atoms with Crippen molar-refractivity contribution in [3.63, 3.8) is 0 Å². The third kappa shape index (κ3) is 5.11. The first-order valence-electron chi connectivity index (χ1n) is 3.44. The average molecular weight is 229 g/mol. The van der Waals surface area contributed by atoms with E-state index in [2.05, 4.69) is 29.9 Å². The first kappa shape index (κ1) is 12.4. The second kappa shape index (κ2) is 5.94. The summed E-state index contributed by atoms with van der Waals surface area (Å²) >= 11 is 8.36. The van der Waals surface area contributed by atoms with Crippen LogP contribution in [-0.4, -0.2) is 17.5 Å². The van der Waals surface area contributed by atoms with Crippen LogP contribution >= 0.6 is 32.6 Å². The molecule has 72 valence electrons. The van der Waals surface area contributed by atoms with Gasteiger partial charge in [0.15, 0.2) is 0 Å². The van der Waals surface area contributed by atoms with E-state index in [4.69, 9.17) is 9.05 Å². The highest BCUT2D eigenvalue weighted by atomic mass is 32.1. The molecule has 0 bridgehead atoms. The molecule has 12 heavy (non-hydrogen) atoms. The van der Waals surface area contributed by atoms with E-state index < -0.39 is 7.75 Å². The van der Waals surface area contributed by atoms with Crippen LogP contribution in [0.2, 0.25) is 0 Å². The van der Waals surface area contributed by atoms with Crippen molar-refractivity contribution in [2.45, 2.75) is 13.8 Å². The molecule has 0 unspecified atom stereocenters. The van der Waals surface area contributed by atoms with Gasteiger partial charge in [-0.2, -0.15) is 0 Å². The van der Waals surface area contributed by atoms with E-state index in [9.17, 15) is 4.57 Å². The van der Waals surface area contributed by atoms with Gasteiger partial charge in [-0.1, -0.05) is 12.2 Å². The summed E-state index contributed by atoms with van der Waals surface area (Å²) in [6.07, 6.45) is 0. The first-order chi connectivity index (χ1) is 5.54. The summed E-state index contributed by atoms with van der Waals surface area (Å²) in [7, 11) is -3.24. The van der Waals surface area contributed by atoms with Crippen LogP contribution in [0.1, 0.15) is 13.8 Å². The molecule has 0 saturated heterocycles. The Labute approximate surface area is 83.0 Å². The van der Waals surface area contributed by atoms with Crippen molar-refractivity contribution in [2.75, 3.05) is 13.2 Å². The van der Waals surface area contributed by atoms with E-state index in [0.29, 0.717) is 13.2 Å². The molecule has 0 atom stereocenters. The van der Waals surface area contributed by atoms with Gasteiger partial charge in [-0.15, -0.1) is 12.6 Å². The molecule has 0 aromatic heterocycles. The Morgan fingerprint density at radius 2 is 1.92 bits per heavy atom. The minimum atomic E-state index is -3.24. The van der Waals surface area contributed by atoms with E-state index in [-0.39, 0.29) is 4.32 Å². The van der Waals surface area contributed by atoms with Crippen molar-refractivity contribution in [2.24, 2.45) is 0 Å². The molecular weight excluding hydrogens is 217 g/mol. The smallest absolute Gasteiger partial charge is 0.293 e. The molecule has 1 N–H and O–H groups in total. The Morgan fingerprint density at radius 1 is 1.50 bits per heavy atom. The van der Waals surface area contributed by atoms with E-state index >= 15 is 0 Å². The summed E-state index contributed by atoms with van der Waals surface area (Å²) < 4.78 is 21.4. The van der Waals surface area contributed by atoms with E-state index in [1.165, 1.54) is 0 Å². The van der Waals surface area contributed by atoms with Crippen LogP contribution in [0.3, 0.4) is 0 Å². The number of rotatable bonds is 5. The fourth-order valence-corrected chi connectivity index (χ4v) is 2.38. The highest BCUT2D eigenvalue weighted by Crippen LogP contribution is 2.43. The fourth-order valence-electron chi connectivity index (χ4n) is 0.559. The summed E-state index contributed by atoms with van der Waals surface area (Å²) in [6, 6.07) is 0. The lowest BCUT2D eigenvalue weighted by Gasteiger charge is -2.16. The monoisotopic (exact) mass is 229 g/mol. The lowest BCUT2D eigenvalue weighted by atomic mass is 10.9. The average Bonchev–Trinajstić information content (AvgIpc) is 1.85. The molecule has 0 spiro atoms. The number of hydrogen-bond donors (Lipinski definition) is 2. The maximum absolute atomic E-state index is 11.5. The molecule has 0 aromatic rings. The lowest BCUT2D eigenvalue weighted by molar-refractivity contribution is 0.216. The Hall–Kier alpha value is 0.390. The topological polar surface area (TPSA) is 47.6 Å². The third-order valence-corrected chi connectivity index (χ3v) is 3.07. The number of hydrogen-bond acceptors (Lipinski definition) is 4. The van der Waals surface area contributed by atoms with Crippen LogP contribution in [0.25, 0.3) is 0 Å². The summed E-state index contributed by atoms with van der Waals surface area (Å²) in [4.78, 5) is 0. The Kier molecular flexibility index (Phi) is 6.13. The van der Waals surface area contributed by atoms with Crippen molar-refractivity contribution >= 4 is 36.9 Å². The number of nitrogens with one attached hydrogen (secondary N) is 1. The van der Waals surface area contributed by atoms with Crippen molar-refractivity contribution in [3.8, 4) is 0 Å². The van der Waals surface area contributed by atoms with Crippen molar-refractivity contribution < 1.29 is 13.6 Å². The quantitative estimate of drug-likeness (QED) is 0.429. The zero-order chi connectivity index (χ0) is 9.61. The van der Waals surface area contributed by atoms with Crippen LogP contribution in [0, 0.1) is 0 Å². The van der Waals surface area contributed by atoms with Crippen LogP contribution < -0.4 is 5.09 Å². The minimum absolute atomic E-state index is 0.0974. The highest BCUT2D eigenvalue weighted by molar-refractivity contribution is 8.11. The molecule has 0 aliphatic rings. The Morgan fingerprint density at radius 3 is 2.17 bits per heavy atom. The predicted molar refractivity (Wildman–Crippen MR) is 55.6 cm³/mol. The lowest BCUT2D eigenvalue weighted by Crippen LogP contribution is -2.16. The van der Waals surface area contributed by atoms with Gasteiger partial charge in [0.2, 0.25) is 0 Å². The maximum atomic E-state index is 11.5. The summed E-state index contributed by atoms with van der Waals surface area (Å²) in [5.74, 6) is 0. The predicted octanol–water partition coefficient (Wildman–Crippen LogP) is 1.97. The fraction of sp³-hybridized carbons (Fsp3) is 0.800. The zero-order valence-electron chi connectivity index (χ0n) is 6.94. The molecule has 0 aromatic carbocycles. The molecule has 0 fully saturated rings. The van der Waals surface area contributed by atoms with Crippen LogP contribution in [0.4, 0.5) is 0 Å². The number of thiol groups is 1. The normalized spacial score (nSPS) is 11.2. The van der Waals surface area contributed by atoms with Gasteiger partial charge in [-0.25, -0.2) is 4.57 Å². The number of thiocarbonyl (C=S) groups is 1. The standard InChI is InChI=1S/C5H12NO3PS2/c1-3-8-10(7,9-4-2)6-5(11)12/h3-4H2,1-2H3,(H2,6,7,11,12). The van der Waals surface area contributed by atoms with Crippen LogP contribution in [0.15, 0.2) is 0 Å². The Balaban J connectivity index is 4.18. The molecule has 0 aliphatic heterocycles.